The molecule has 1 heterocycles. The minimum atomic E-state index is -0.317. The molecule has 2 aromatic carbocycles. The molecule has 0 saturated heterocycles. The molecule has 148 valence electrons. The Hall–Kier alpha value is -2.53. The van der Waals surface area contributed by atoms with Crippen LogP contribution in [0.3, 0.4) is 0 Å². The minimum Gasteiger partial charge on any atom is -0.485 e. The maximum absolute atomic E-state index is 13.0. The summed E-state index contributed by atoms with van der Waals surface area (Å²) in [6.07, 6.45) is 3.99. The number of carbonyl (C=O) groups is 1. The van der Waals surface area contributed by atoms with Crippen molar-refractivity contribution < 1.29 is 14.3 Å². The third-order valence-electron chi connectivity index (χ3n) is 5.90. The minimum absolute atomic E-state index is 0.000675. The van der Waals surface area contributed by atoms with Gasteiger partial charge in [-0.3, -0.25) is 4.79 Å². The number of rotatable bonds is 4. The number of para-hydroxylation sites is 2. The first-order chi connectivity index (χ1) is 13.7. The Kier molecular flexibility index (Phi) is 5.53. The van der Waals surface area contributed by atoms with Gasteiger partial charge in [0, 0.05) is 18.2 Å². The molecule has 1 aliphatic carbocycles. The number of amides is 1. The average molecular weight is 380 g/mol. The van der Waals surface area contributed by atoms with Gasteiger partial charge in [0.1, 0.15) is 17.1 Å². The Balaban J connectivity index is 1.52. The monoisotopic (exact) mass is 380 g/mol. The molecular weight excluding hydrogens is 352 g/mol. The fourth-order valence-electron chi connectivity index (χ4n) is 4.23. The molecule has 1 spiro atoms. The molecule has 0 radical (unpaired) electrons. The normalized spacial score (nSPS) is 24.2. The Morgan fingerprint density at radius 2 is 1.86 bits per heavy atom. The molecule has 1 fully saturated rings. The molecule has 2 aliphatic rings. The lowest BCUT2D eigenvalue weighted by molar-refractivity contribution is -0.137. The van der Waals surface area contributed by atoms with E-state index in [1.54, 1.807) is 0 Å². The summed E-state index contributed by atoms with van der Waals surface area (Å²) in [5, 5.41) is 3.38. The predicted octanol–water partition coefficient (Wildman–Crippen LogP) is 3.39. The van der Waals surface area contributed by atoms with E-state index in [2.05, 4.69) is 5.32 Å². The summed E-state index contributed by atoms with van der Waals surface area (Å²) in [6.45, 7) is 1.21. The molecule has 28 heavy (non-hydrogen) atoms. The third kappa shape index (κ3) is 4.14. The molecule has 0 atom stereocenters. The fourth-order valence-corrected chi connectivity index (χ4v) is 4.23. The molecule has 1 saturated carbocycles. The van der Waals surface area contributed by atoms with Crippen LogP contribution in [0.15, 0.2) is 54.6 Å². The van der Waals surface area contributed by atoms with Crippen LogP contribution in [0.2, 0.25) is 0 Å². The van der Waals surface area contributed by atoms with E-state index >= 15 is 0 Å². The van der Waals surface area contributed by atoms with Crippen molar-refractivity contribution in [3.63, 3.8) is 0 Å². The van der Waals surface area contributed by atoms with Crippen LogP contribution in [0.4, 0.5) is 0 Å². The predicted molar refractivity (Wildman–Crippen MR) is 108 cm³/mol. The largest absolute Gasteiger partial charge is 0.485 e. The average Bonchev–Trinajstić information content (AvgIpc) is 2.90. The molecule has 0 unspecified atom stereocenters. The number of hydrogen-bond donors (Lipinski definition) is 1. The Labute approximate surface area is 166 Å². The second-order valence-electron chi connectivity index (χ2n) is 7.81. The molecule has 1 aliphatic heterocycles. The first kappa shape index (κ1) is 18.8. The van der Waals surface area contributed by atoms with Gasteiger partial charge in [0.05, 0.1) is 6.54 Å². The van der Waals surface area contributed by atoms with Crippen LogP contribution in [0.1, 0.15) is 31.2 Å². The summed E-state index contributed by atoms with van der Waals surface area (Å²) < 4.78 is 12.3. The van der Waals surface area contributed by atoms with Crippen molar-refractivity contribution in [3.8, 4) is 11.5 Å². The van der Waals surface area contributed by atoms with E-state index in [0.29, 0.717) is 24.9 Å². The summed E-state index contributed by atoms with van der Waals surface area (Å²) in [5.41, 5.74) is 0.741. The van der Waals surface area contributed by atoms with Crippen LogP contribution in [0, 0.1) is 0 Å². The zero-order valence-corrected chi connectivity index (χ0v) is 16.4. The molecule has 5 nitrogen and oxygen atoms in total. The van der Waals surface area contributed by atoms with Gasteiger partial charge in [-0.05, 0) is 50.9 Å². The van der Waals surface area contributed by atoms with E-state index in [9.17, 15) is 4.79 Å². The van der Waals surface area contributed by atoms with Crippen molar-refractivity contribution in [3.05, 3.63) is 60.2 Å². The zero-order valence-electron chi connectivity index (χ0n) is 16.4. The van der Waals surface area contributed by atoms with Crippen molar-refractivity contribution in [2.24, 2.45) is 0 Å². The number of ether oxygens (including phenoxy) is 2. The van der Waals surface area contributed by atoms with Crippen LogP contribution >= 0.6 is 0 Å². The first-order valence-corrected chi connectivity index (χ1v) is 10.1. The topological polar surface area (TPSA) is 50.8 Å². The molecule has 1 N–H and O–H groups in total. The highest BCUT2D eigenvalue weighted by Gasteiger charge is 2.42. The quantitative estimate of drug-likeness (QED) is 0.883. The van der Waals surface area contributed by atoms with Gasteiger partial charge in [-0.15, -0.1) is 0 Å². The van der Waals surface area contributed by atoms with Crippen LogP contribution in [0.25, 0.3) is 0 Å². The van der Waals surface area contributed by atoms with Gasteiger partial charge in [-0.2, -0.15) is 0 Å². The van der Waals surface area contributed by atoms with E-state index in [-0.39, 0.29) is 18.1 Å². The number of carbonyl (C=O) groups excluding carboxylic acids is 1. The van der Waals surface area contributed by atoms with Crippen LogP contribution in [-0.2, 0) is 11.3 Å². The summed E-state index contributed by atoms with van der Waals surface area (Å²) in [4.78, 5) is 14.9. The fraction of sp³-hybridized carbons (Fsp3) is 0.435. The summed E-state index contributed by atoms with van der Waals surface area (Å²) in [6, 6.07) is 18.1. The van der Waals surface area contributed by atoms with Gasteiger partial charge in [0.2, 0.25) is 0 Å². The summed E-state index contributed by atoms with van der Waals surface area (Å²) >= 11 is 0. The Bertz CT molecular complexity index is 801. The van der Waals surface area contributed by atoms with E-state index in [4.69, 9.17) is 9.47 Å². The van der Waals surface area contributed by atoms with Crippen molar-refractivity contribution in [1.29, 1.82) is 0 Å². The van der Waals surface area contributed by atoms with Crippen molar-refractivity contribution in [2.75, 3.05) is 20.2 Å². The lowest BCUT2D eigenvalue weighted by Gasteiger charge is -2.41. The number of nitrogens with one attached hydrogen (secondary N) is 1. The number of benzene rings is 2. The van der Waals surface area contributed by atoms with E-state index in [1.807, 2.05) is 66.5 Å². The molecule has 1 amide bonds. The van der Waals surface area contributed by atoms with E-state index in [0.717, 1.165) is 37.0 Å². The van der Waals surface area contributed by atoms with E-state index in [1.165, 1.54) is 0 Å². The highest BCUT2D eigenvalue weighted by atomic mass is 16.5. The molecule has 0 bridgehead atoms. The van der Waals surface area contributed by atoms with Gasteiger partial charge >= 0.3 is 0 Å². The van der Waals surface area contributed by atoms with Crippen LogP contribution < -0.4 is 14.8 Å². The number of fused-ring (bicyclic) bond motifs is 1. The second-order valence-corrected chi connectivity index (χ2v) is 7.81. The molecule has 2 aromatic rings. The molecular formula is C23H28N2O3. The Morgan fingerprint density at radius 3 is 2.61 bits per heavy atom. The maximum Gasteiger partial charge on any atom is 0.260 e. The standard InChI is InChI=1S/C23H28N2O3/c1-24-19-11-13-23(14-12-19)17-25(15-18-7-5-6-10-21(18)28-23)22(26)16-27-20-8-3-2-4-9-20/h2-10,19,24H,11-17H2,1H3. The van der Waals surface area contributed by atoms with Gasteiger partial charge in [0.25, 0.3) is 5.91 Å². The smallest absolute Gasteiger partial charge is 0.260 e. The lowest BCUT2D eigenvalue weighted by atomic mass is 9.81. The van der Waals surface area contributed by atoms with Crippen LogP contribution in [0.5, 0.6) is 11.5 Å². The zero-order chi connectivity index (χ0) is 19.4. The molecule has 4 rings (SSSR count). The van der Waals surface area contributed by atoms with Gasteiger partial charge in [-0.1, -0.05) is 36.4 Å². The van der Waals surface area contributed by atoms with Gasteiger partial charge < -0.3 is 19.7 Å². The summed E-state index contributed by atoms with van der Waals surface area (Å²) in [7, 11) is 2.02. The SMILES string of the molecule is CNC1CCC2(CC1)CN(C(=O)COc1ccccc1)Cc1ccccc1O2. The van der Waals surface area contributed by atoms with Crippen molar-refractivity contribution in [1.82, 2.24) is 10.2 Å². The van der Waals surface area contributed by atoms with Crippen molar-refractivity contribution >= 4 is 5.91 Å². The van der Waals surface area contributed by atoms with Gasteiger partial charge in [-0.25, -0.2) is 0 Å². The lowest BCUT2D eigenvalue weighted by Crippen LogP contribution is -2.52. The van der Waals surface area contributed by atoms with Crippen LogP contribution in [-0.4, -0.2) is 42.6 Å². The van der Waals surface area contributed by atoms with Crippen molar-refractivity contribution in [2.45, 2.75) is 43.9 Å². The van der Waals surface area contributed by atoms with Gasteiger partial charge in [0.15, 0.2) is 6.61 Å². The third-order valence-corrected chi connectivity index (χ3v) is 5.90. The summed E-state index contributed by atoms with van der Waals surface area (Å²) in [5.74, 6) is 1.62. The molecule has 0 aromatic heterocycles. The second kappa shape index (κ2) is 8.23. The maximum atomic E-state index is 13.0. The highest BCUT2D eigenvalue weighted by Crippen LogP contribution is 2.38. The number of nitrogens with zero attached hydrogens (tertiary/aromatic N) is 1. The Morgan fingerprint density at radius 1 is 1.14 bits per heavy atom. The molecule has 5 heteroatoms. The number of hydrogen-bond acceptors (Lipinski definition) is 4. The highest BCUT2D eigenvalue weighted by molar-refractivity contribution is 5.78. The van der Waals surface area contributed by atoms with E-state index < -0.39 is 0 Å². The first-order valence-electron chi connectivity index (χ1n) is 10.1.